The van der Waals surface area contributed by atoms with E-state index >= 15 is 0 Å². The molecule has 0 spiro atoms. The van der Waals surface area contributed by atoms with Crippen LogP contribution in [0.1, 0.15) is 24.5 Å². The first kappa shape index (κ1) is 12.2. The zero-order valence-corrected chi connectivity index (χ0v) is 11.1. The molecule has 2 aliphatic carbocycles. The Morgan fingerprint density at radius 3 is 2.84 bits per heavy atom. The van der Waals surface area contributed by atoms with E-state index in [-0.39, 0.29) is 11.7 Å². The van der Waals surface area contributed by atoms with Crippen molar-refractivity contribution in [3.8, 4) is 0 Å². The summed E-state index contributed by atoms with van der Waals surface area (Å²) in [6, 6.07) is 7.72. The summed E-state index contributed by atoms with van der Waals surface area (Å²) in [5.74, 6) is -0.631. The normalized spacial score (nSPS) is 28.4. The molecule has 0 fully saturated rings. The second-order valence-electron chi connectivity index (χ2n) is 5.42. The zero-order chi connectivity index (χ0) is 13.6. The maximum Gasteiger partial charge on any atom is 0.324 e. The van der Waals surface area contributed by atoms with Gasteiger partial charge in [0, 0.05) is 5.92 Å². The second kappa shape index (κ2) is 4.05. The predicted molar refractivity (Wildman–Crippen MR) is 70.7 cm³/mol. The van der Waals surface area contributed by atoms with E-state index in [0.29, 0.717) is 12.8 Å². The van der Waals surface area contributed by atoms with Crippen LogP contribution in [-0.4, -0.2) is 18.9 Å². The smallest absolute Gasteiger partial charge is 0.324 e. The first-order valence-corrected chi connectivity index (χ1v) is 6.48. The molecule has 3 nitrogen and oxygen atoms in total. The summed E-state index contributed by atoms with van der Waals surface area (Å²) in [6.45, 7) is 1.98. The molecule has 0 N–H and O–H groups in total. The Kier molecular flexibility index (Phi) is 2.59. The Morgan fingerprint density at radius 1 is 1.37 bits per heavy atom. The molecule has 1 aromatic rings. The number of allylic oxidation sites excluding steroid dienone is 2. The van der Waals surface area contributed by atoms with Gasteiger partial charge in [0.2, 0.25) is 0 Å². The summed E-state index contributed by atoms with van der Waals surface area (Å²) >= 11 is 0. The summed E-state index contributed by atoms with van der Waals surface area (Å²) in [5.41, 5.74) is 1.88. The van der Waals surface area contributed by atoms with Crippen molar-refractivity contribution < 1.29 is 14.3 Å². The highest BCUT2D eigenvalue weighted by Gasteiger charge is 2.55. The average molecular weight is 256 g/mol. The fraction of sp³-hybridized carbons (Fsp3) is 0.375. The van der Waals surface area contributed by atoms with E-state index in [1.54, 1.807) is 0 Å². The van der Waals surface area contributed by atoms with E-state index in [1.165, 1.54) is 7.11 Å². The van der Waals surface area contributed by atoms with Crippen LogP contribution in [0.4, 0.5) is 0 Å². The van der Waals surface area contributed by atoms with Crippen LogP contribution < -0.4 is 0 Å². The molecule has 98 valence electrons. The number of rotatable bonds is 1. The van der Waals surface area contributed by atoms with Crippen molar-refractivity contribution in [1.29, 1.82) is 0 Å². The van der Waals surface area contributed by atoms with Gasteiger partial charge in [-0.05, 0) is 30.9 Å². The number of esters is 1. The lowest BCUT2D eigenvalue weighted by molar-refractivity contribution is -0.154. The maximum atomic E-state index is 12.7. The van der Waals surface area contributed by atoms with Crippen molar-refractivity contribution in [2.75, 3.05) is 7.11 Å². The summed E-state index contributed by atoms with van der Waals surface area (Å²) < 4.78 is 4.95. The third-order valence-corrected chi connectivity index (χ3v) is 4.24. The molecule has 0 aromatic heterocycles. The van der Waals surface area contributed by atoms with Gasteiger partial charge in [-0.1, -0.05) is 35.9 Å². The molecule has 0 amide bonds. The molecule has 0 aliphatic heterocycles. The topological polar surface area (TPSA) is 43.4 Å². The van der Waals surface area contributed by atoms with Crippen LogP contribution in [0, 0.1) is 5.92 Å². The molecule has 2 atom stereocenters. The SMILES string of the molecule is COC(=O)[C@@]12CC(C)=C[C@@H](Cc3ccccc31)C2=O. The van der Waals surface area contributed by atoms with E-state index in [2.05, 4.69) is 0 Å². The Labute approximate surface area is 112 Å². The van der Waals surface area contributed by atoms with Crippen LogP contribution in [0.2, 0.25) is 0 Å². The lowest BCUT2D eigenvalue weighted by atomic mass is 9.59. The lowest BCUT2D eigenvalue weighted by Gasteiger charge is -2.41. The fourth-order valence-electron chi connectivity index (χ4n) is 3.49. The van der Waals surface area contributed by atoms with Gasteiger partial charge in [0.1, 0.15) is 0 Å². The van der Waals surface area contributed by atoms with Gasteiger partial charge in [0.05, 0.1) is 7.11 Å². The summed E-state index contributed by atoms with van der Waals surface area (Å²) in [7, 11) is 1.35. The van der Waals surface area contributed by atoms with Crippen LogP contribution in [0.5, 0.6) is 0 Å². The molecule has 3 rings (SSSR count). The number of methoxy groups -OCH3 is 1. The van der Waals surface area contributed by atoms with Crippen molar-refractivity contribution in [1.82, 2.24) is 0 Å². The fourth-order valence-corrected chi connectivity index (χ4v) is 3.49. The van der Waals surface area contributed by atoms with E-state index in [9.17, 15) is 9.59 Å². The third kappa shape index (κ3) is 1.51. The van der Waals surface area contributed by atoms with Gasteiger partial charge >= 0.3 is 5.97 Å². The molecule has 0 radical (unpaired) electrons. The second-order valence-corrected chi connectivity index (χ2v) is 5.42. The van der Waals surface area contributed by atoms with Gasteiger partial charge in [0.15, 0.2) is 11.2 Å². The van der Waals surface area contributed by atoms with Crippen LogP contribution in [-0.2, 0) is 26.2 Å². The van der Waals surface area contributed by atoms with E-state index in [0.717, 1.165) is 16.7 Å². The first-order chi connectivity index (χ1) is 9.09. The Morgan fingerprint density at radius 2 is 2.11 bits per heavy atom. The van der Waals surface area contributed by atoms with Crippen LogP contribution >= 0.6 is 0 Å². The van der Waals surface area contributed by atoms with Crippen LogP contribution in [0.15, 0.2) is 35.9 Å². The number of ether oxygens (including phenoxy) is 1. The largest absolute Gasteiger partial charge is 0.468 e. The highest BCUT2D eigenvalue weighted by atomic mass is 16.5. The van der Waals surface area contributed by atoms with Crippen molar-refractivity contribution >= 4 is 11.8 Å². The Hall–Kier alpha value is -1.90. The number of ketones is 1. The minimum absolute atomic E-state index is 0.0105. The van der Waals surface area contributed by atoms with Crippen molar-refractivity contribution in [2.45, 2.75) is 25.2 Å². The van der Waals surface area contributed by atoms with Gasteiger partial charge in [0.25, 0.3) is 0 Å². The molecule has 0 unspecified atom stereocenters. The minimum Gasteiger partial charge on any atom is -0.468 e. The molecule has 2 bridgehead atoms. The van der Waals surface area contributed by atoms with Crippen molar-refractivity contribution in [2.24, 2.45) is 5.92 Å². The molecule has 0 heterocycles. The van der Waals surface area contributed by atoms with Gasteiger partial charge in [-0.3, -0.25) is 9.59 Å². The summed E-state index contributed by atoms with van der Waals surface area (Å²) in [4.78, 5) is 25.0. The average Bonchev–Trinajstić information content (AvgIpc) is 2.40. The number of benzene rings is 1. The van der Waals surface area contributed by atoms with E-state index in [1.807, 2.05) is 37.3 Å². The highest BCUT2D eigenvalue weighted by Crippen LogP contribution is 2.46. The standard InChI is InChI=1S/C16H16O3/c1-10-7-12-8-11-5-3-4-6-13(11)16(9-10,14(12)17)15(18)19-2/h3-7,12H,8-9H2,1-2H3/t12-,16-/m0/s1. The maximum absolute atomic E-state index is 12.7. The molecule has 0 saturated heterocycles. The molecule has 1 aromatic carbocycles. The number of fused-ring (bicyclic) bond motifs is 4. The number of Topliss-reactive ketones (excluding diaryl/α,β-unsaturated/α-hetero) is 1. The van der Waals surface area contributed by atoms with Crippen LogP contribution in [0.25, 0.3) is 0 Å². The van der Waals surface area contributed by atoms with Crippen molar-refractivity contribution in [3.05, 3.63) is 47.0 Å². The highest BCUT2D eigenvalue weighted by molar-refractivity contribution is 6.13. The van der Waals surface area contributed by atoms with Crippen LogP contribution in [0.3, 0.4) is 0 Å². The first-order valence-electron chi connectivity index (χ1n) is 6.48. The van der Waals surface area contributed by atoms with E-state index in [4.69, 9.17) is 4.74 Å². The predicted octanol–water partition coefficient (Wildman–Crippen LogP) is 2.19. The summed E-state index contributed by atoms with van der Waals surface area (Å²) in [5, 5.41) is 0. The number of carbonyl (C=O) groups excluding carboxylic acids is 2. The summed E-state index contributed by atoms with van der Waals surface area (Å²) in [6.07, 6.45) is 3.12. The zero-order valence-electron chi connectivity index (χ0n) is 11.1. The molecule has 19 heavy (non-hydrogen) atoms. The van der Waals surface area contributed by atoms with Crippen molar-refractivity contribution in [3.63, 3.8) is 0 Å². The molecule has 2 aliphatic rings. The lowest BCUT2D eigenvalue weighted by Crippen LogP contribution is -2.53. The van der Waals surface area contributed by atoms with Gasteiger partial charge in [-0.15, -0.1) is 0 Å². The number of carbonyl (C=O) groups is 2. The third-order valence-electron chi connectivity index (χ3n) is 4.24. The molecule has 0 saturated carbocycles. The Balaban J connectivity index is 2.29. The number of hydrogen-bond acceptors (Lipinski definition) is 3. The van der Waals surface area contributed by atoms with E-state index < -0.39 is 11.4 Å². The number of hydrogen-bond donors (Lipinski definition) is 0. The molecular weight excluding hydrogens is 240 g/mol. The van der Waals surface area contributed by atoms with Gasteiger partial charge in [-0.25, -0.2) is 0 Å². The Bertz CT molecular complexity index is 600. The monoisotopic (exact) mass is 256 g/mol. The van der Waals surface area contributed by atoms with Gasteiger partial charge in [-0.2, -0.15) is 0 Å². The molecule has 3 heteroatoms. The molecular formula is C16H16O3. The quantitative estimate of drug-likeness (QED) is 0.439. The minimum atomic E-state index is -1.12. The van der Waals surface area contributed by atoms with Gasteiger partial charge < -0.3 is 4.74 Å².